The Morgan fingerprint density at radius 1 is 0.969 bits per heavy atom. The molecule has 2 saturated heterocycles. The number of nitrogens with zero attached hydrogens (tertiary/aromatic N) is 2. The molecule has 1 atom stereocenters. The van der Waals surface area contributed by atoms with Crippen molar-refractivity contribution >= 4 is 12.0 Å². The highest BCUT2D eigenvalue weighted by atomic mass is 16.6. The zero-order valence-electron chi connectivity index (χ0n) is 18.8. The van der Waals surface area contributed by atoms with Gasteiger partial charge in [-0.25, -0.2) is 4.79 Å². The number of nitrogens with one attached hydrogen (secondary N) is 1. The van der Waals surface area contributed by atoms with Crippen molar-refractivity contribution in [2.24, 2.45) is 0 Å². The van der Waals surface area contributed by atoms with Gasteiger partial charge in [0.2, 0.25) is 5.91 Å². The van der Waals surface area contributed by atoms with E-state index in [9.17, 15) is 9.59 Å². The molecule has 6 heteroatoms. The van der Waals surface area contributed by atoms with Gasteiger partial charge >= 0.3 is 6.09 Å². The van der Waals surface area contributed by atoms with Crippen LogP contribution in [0.15, 0.2) is 60.7 Å². The molecular weight excluding hydrogens is 402 g/mol. The molecule has 1 N–H and O–H groups in total. The molecule has 0 radical (unpaired) electrons. The summed E-state index contributed by atoms with van der Waals surface area (Å²) >= 11 is 0. The largest absolute Gasteiger partial charge is 0.445 e. The Morgan fingerprint density at radius 2 is 1.59 bits per heavy atom. The molecule has 0 saturated carbocycles. The van der Waals surface area contributed by atoms with E-state index in [0.717, 1.165) is 44.5 Å². The summed E-state index contributed by atoms with van der Waals surface area (Å²) in [6.45, 7) is 5.49. The Balaban J connectivity index is 1.27. The Hall–Kier alpha value is -2.86. The monoisotopic (exact) mass is 435 g/mol. The Bertz CT molecular complexity index is 897. The van der Waals surface area contributed by atoms with Gasteiger partial charge in [-0.15, -0.1) is 0 Å². The van der Waals surface area contributed by atoms with E-state index in [1.165, 1.54) is 5.56 Å². The van der Waals surface area contributed by atoms with Crippen molar-refractivity contribution in [3.8, 4) is 0 Å². The highest BCUT2D eigenvalue weighted by Crippen LogP contribution is 2.30. The van der Waals surface area contributed by atoms with E-state index in [2.05, 4.69) is 34.5 Å². The molecule has 2 aliphatic rings. The van der Waals surface area contributed by atoms with Crippen LogP contribution >= 0.6 is 0 Å². The molecule has 0 aliphatic carbocycles. The van der Waals surface area contributed by atoms with Crippen molar-refractivity contribution in [3.63, 3.8) is 0 Å². The topological polar surface area (TPSA) is 61.9 Å². The van der Waals surface area contributed by atoms with Gasteiger partial charge in [-0.2, -0.15) is 0 Å². The van der Waals surface area contributed by atoms with Crippen LogP contribution in [0.2, 0.25) is 0 Å². The van der Waals surface area contributed by atoms with Crippen LogP contribution in [0.4, 0.5) is 4.79 Å². The average Bonchev–Trinajstić information content (AvgIpc) is 3.23. The number of rotatable bonds is 6. The minimum absolute atomic E-state index is 0.0619. The van der Waals surface area contributed by atoms with Crippen LogP contribution in [0.1, 0.15) is 43.7 Å². The maximum atomic E-state index is 13.2. The second-order valence-electron chi connectivity index (χ2n) is 9.08. The minimum atomic E-state index is -0.852. The highest BCUT2D eigenvalue weighted by molar-refractivity contribution is 5.90. The van der Waals surface area contributed by atoms with E-state index < -0.39 is 11.6 Å². The molecule has 1 unspecified atom stereocenters. The third-order valence-corrected chi connectivity index (χ3v) is 6.73. The summed E-state index contributed by atoms with van der Waals surface area (Å²) in [7, 11) is 0. The predicted octanol–water partition coefficient (Wildman–Crippen LogP) is 3.96. The van der Waals surface area contributed by atoms with Crippen LogP contribution in [0.5, 0.6) is 0 Å². The van der Waals surface area contributed by atoms with Crippen molar-refractivity contribution in [1.29, 1.82) is 0 Å². The molecule has 2 heterocycles. The number of hydrogen-bond acceptors (Lipinski definition) is 4. The third kappa shape index (κ3) is 5.30. The lowest BCUT2D eigenvalue weighted by Crippen LogP contribution is -2.58. The lowest BCUT2D eigenvalue weighted by atomic mass is 9.96. The fourth-order valence-electron chi connectivity index (χ4n) is 4.71. The Morgan fingerprint density at radius 3 is 2.25 bits per heavy atom. The number of likely N-dealkylation sites (tertiary alicyclic amines) is 2. The first-order chi connectivity index (χ1) is 15.5. The molecule has 170 valence electrons. The van der Waals surface area contributed by atoms with Crippen molar-refractivity contribution in [1.82, 2.24) is 15.1 Å². The zero-order valence-corrected chi connectivity index (χ0v) is 18.8. The second-order valence-corrected chi connectivity index (χ2v) is 9.08. The van der Waals surface area contributed by atoms with E-state index in [-0.39, 0.29) is 18.6 Å². The minimum Gasteiger partial charge on any atom is -0.445 e. The first kappa shape index (κ1) is 22.3. The summed E-state index contributed by atoms with van der Waals surface area (Å²) in [5.74, 6) is -0.0619. The lowest BCUT2D eigenvalue weighted by Gasteiger charge is -2.37. The van der Waals surface area contributed by atoms with E-state index in [0.29, 0.717) is 13.0 Å². The van der Waals surface area contributed by atoms with E-state index >= 15 is 0 Å². The molecule has 4 rings (SSSR count). The van der Waals surface area contributed by atoms with Gasteiger partial charge in [0.1, 0.15) is 12.1 Å². The SMILES string of the molecule is CC1(C(=O)NC2CCN(Cc3ccccc3)CC2)CCCN1C(=O)OCc1ccccc1. The lowest BCUT2D eigenvalue weighted by molar-refractivity contribution is -0.131. The highest BCUT2D eigenvalue weighted by Gasteiger charge is 2.47. The molecule has 32 heavy (non-hydrogen) atoms. The van der Waals surface area contributed by atoms with Gasteiger partial charge in [0.25, 0.3) is 0 Å². The molecular formula is C26H33N3O3. The molecule has 0 bridgehead atoms. The first-order valence-corrected chi connectivity index (χ1v) is 11.6. The van der Waals surface area contributed by atoms with Crippen LogP contribution in [0.3, 0.4) is 0 Å². The third-order valence-electron chi connectivity index (χ3n) is 6.73. The van der Waals surface area contributed by atoms with Gasteiger partial charge in [0.05, 0.1) is 0 Å². The van der Waals surface area contributed by atoms with Gasteiger partial charge in [-0.05, 0) is 43.7 Å². The Labute approximate surface area is 190 Å². The smallest absolute Gasteiger partial charge is 0.410 e. The molecule has 0 aromatic heterocycles. The van der Waals surface area contributed by atoms with Gasteiger partial charge in [-0.3, -0.25) is 14.6 Å². The van der Waals surface area contributed by atoms with Crippen molar-refractivity contribution in [3.05, 3.63) is 71.8 Å². The Kier molecular flexibility index (Phi) is 7.10. The number of piperidine rings is 1. The first-order valence-electron chi connectivity index (χ1n) is 11.6. The fourth-order valence-corrected chi connectivity index (χ4v) is 4.71. The van der Waals surface area contributed by atoms with Gasteiger partial charge in [0, 0.05) is 32.2 Å². The number of benzene rings is 2. The summed E-state index contributed by atoms with van der Waals surface area (Å²) < 4.78 is 5.52. The summed E-state index contributed by atoms with van der Waals surface area (Å²) in [4.78, 5) is 30.0. The van der Waals surface area contributed by atoms with E-state index in [1.54, 1.807) is 4.90 Å². The van der Waals surface area contributed by atoms with Crippen LogP contribution in [-0.2, 0) is 22.7 Å². The molecule has 2 fully saturated rings. The second kappa shape index (κ2) is 10.2. The van der Waals surface area contributed by atoms with Gasteiger partial charge in [-0.1, -0.05) is 60.7 Å². The number of ether oxygens (including phenoxy) is 1. The number of carbonyl (C=O) groups excluding carboxylic acids is 2. The van der Waals surface area contributed by atoms with Crippen molar-refractivity contribution in [2.75, 3.05) is 19.6 Å². The van der Waals surface area contributed by atoms with Gasteiger partial charge in [0.15, 0.2) is 0 Å². The van der Waals surface area contributed by atoms with Crippen LogP contribution < -0.4 is 5.32 Å². The summed E-state index contributed by atoms with van der Waals surface area (Å²) in [5, 5.41) is 3.23. The molecule has 2 aromatic rings. The van der Waals surface area contributed by atoms with E-state index in [4.69, 9.17) is 4.74 Å². The summed E-state index contributed by atoms with van der Waals surface area (Å²) in [5.41, 5.74) is 1.40. The average molecular weight is 436 g/mol. The zero-order chi connectivity index (χ0) is 22.4. The number of hydrogen-bond donors (Lipinski definition) is 1. The maximum absolute atomic E-state index is 13.2. The standard InChI is InChI=1S/C26H33N3O3/c1-26(15-8-16-29(26)25(31)32-20-22-11-6-3-7-12-22)24(30)27-23-13-17-28(18-14-23)19-21-9-4-2-5-10-21/h2-7,9-12,23H,8,13-20H2,1H3,(H,27,30). The summed E-state index contributed by atoms with van der Waals surface area (Å²) in [6, 6.07) is 20.2. The van der Waals surface area contributed by atoms with Gasteiger partial charge < -0.3 is 10.1 Å². The fraction of sp³-hybridized carbons (Fsp3) is 0.462. The maximum Gasteiger partial charge on any atom is 0.410 e. The quantitative estimate of drug-likeness (QED) is 0.746. The summed E-state index contributed by atoms with van der Waals surface area (Å²) in [6.07, 6.45) is 2.90. The number of carbonyl (C=O) groups is 2. The van der Waals surface area contributed by atoms with Crippen molar-refractivity contribution < 1.29 is 14.3 Å². The predicted molar refractivity (Wildman–Crippen MR) is 124 cm³/mol. The van der Waals surface area contributed by atoms with E-state index in [1.807, 2.05) is 43.3 Å². The number of amides is 2. The molecule has 0 spiro atoms. The molecule has 2 amide bonds. The van der Waals surface area contributed by atoms with Crippen LogP contribution in [0, 0.1) is 0 Å². The van der Waals surface area contributed by atoms with Crippen LogP contribution in [0.25, 0.3) is 0 Å². The van der Waals surface area contributed by atoms with Crippen molar-refractivity contribution in [2.45, 2.75) is 57.3 Å². The normalized spacial score (nSPS) is 22.0. The molecule has 2 aromatic carbocycles. The van der Waals surface area contributed by atoms with Crippen LogP contribution in [-0.4, -0.2) is 53.0 Å². The molecule has 6 nitrogen and oxygen atoms in total. The molecule has 2 aliphatic heterocycles.